The average molecular weight is 279 g/mol. The number of carboxylic acid groups (broad SMARTS) is 1. The van der Waals surface area contributed by atoms with Crippen LogP contribution in [0.1, 0.15) is 35.2 Å². The Balaban J connectivity index is 1.77. The van der Waals surface area contributed by atoms with Crippen LogP contribution in [0.4, 0.5) is 0 Å². The molecule has 1 aromatic heterocycles. The molecular formula is C14H17NO3S. The van der Waals surface area contributed by atoms with Crippen molar-refractivity contribution in [1.82, 2.24) is 5.32 Å². The van der Waals surface area contributed by atoms with Gasteiger partial charge in [0.1, 0.15) is 0 Å². The van der Waals surface area contributed by atoms with Crippen molar-refractivity contribution >= 4 is 23.2 Å². The predicted molar refractivity (Wildman–Crippen MR) is 72.3 cm³/mol. The highest BCUT2D eigenvalue weighted by Gasteiger charge is 2.51. The second-order valence-electron chi connectivity index (χ2n) is 5.66. The summed E-state index contributed by atoms with van der Waals surface area (Å²) in [7, 11) is 0. The summed E-state index contributed by atoms with van der Waals surface area (Å²) in [6.45, 7) is 1.90. The minimum Gasteiger partial charge on any atom is -0.481 e. The highest BCUT2D eigenvalue weighted by Crippen LogP contribution is 2.48. The third-order valence-corrected chi connectivity index (χ3v) is 5.46. The first-order chi connectivity index (χ1) is 9.08. The molecule has 2 aliphatic rings. The van der Waals surface area contributed by atoms with Crippen molar-refractivity contribution in [3.63, 3.8) is 0 Å². The number of carbonyl (C=O) groups excluding carboxylic acids is 1. The van der Waals surface area contributed by atoms with Crippen LogP contribution in [0.25, 0.3) is 0 Å². The lowest BCUT2D eigenvalue weighted by atomic mass is 9.84. The van der Waals surface area contributed by atoms with Gasteiger partial charge in [-0.15, -0.1) is 0 Å². The Morgan fingerprint density at radius 2 is 2.05 bits per heavy atom. The van der Waals surface area contributed by atoms with Gasteiger partial charge in [-0.05, 0) is 49.0 Å². The number of hydrogen-bond donors (Lipinski definition) is 2. The van der Waals surface area contributed by atoms with E-state index >= 15 is 0 Å². The molecule has 19 heavy (non-hydrogen) atoms. The lowest BCUT2D eigenvalue weighted by Gasteiger charge is -2.28. The summed E-state index contributed by atoms with van der Waals surface area (Å²) in [4.78, 5) is 23.6. The van der Waals surface area contributed by atoms with E-state index in [-0.39, 0.29) is 17.9 Å². The van der Waals surface area contributed by atoms with Crippen LogP contribution >= 0.6 is 11.3 Å². The molecule has 0 aromatic carbocycles. The van der Waals surface area contributed by atoms with Gasteiger partial charge in [0, 0.05) is 11.4 Å². The number of hydrogen-bond acceptors (Lipinski definition) is 3. The number of fused-ring (bicyclic) bond motifs is 2. The number of nitrogens with one attached hydrogen (secondary N) is 1. The van der Waals surface area contributed by atoms with Crippen LogP contribution in [0, 0.1) is 24.7 Å². The van der Waals surface area contributed by atoms with Crippen molar-refractivity contribution < 1.29 is 14.7 Å². The van der Waals surface area contributed by atoms with Crippen LogP contribution in [0.3, 0.4) is 0 Å². The lowest BCUT2D eigenvalue weighted by Crippen LogP contribution is -2.46. The summed E-state index contributed by atoms with van der Waals surface area (Å²) in [5.41, 5.74) is 1.63. The van der Waals surface area contributed by atoms with Gasteiger partial charge in [0.05, 0.1) is 11.5 Å². The minimum atomic E-state index is -0.764. The molecule has 2 fully saturated rings. The van der Waals surface area contributed by atoms with Crippen LogP contribution in [0.15, 0.2) is 10.8 Å². The van der Waals surface area contributed by atoms with Crippen LogP contribution in [0.5, 0.6) is 0 Å². The Labute approximate surface area is 115 Å². The van der Waals surface area contributed by atoms with E-state index in [1.807, 2.05) is 17.7 Å². The van der Waals surface area contributed by atoms with Gasteiger partial charge in [-0.3, -0.25) is 9.59 Å². The molecule has 4 nitrogen and oxygen atoms in total. The highest BCUT2D eigenvalue weighted by atomic mass is 32.1. The molecule has 5 heteroatoms. The first kappa shape index (κ1) is 12.7. The lowest BCUT2D eigenvalue weighted by molar-refractivity contribution is -0.144. The van der Waals surface area contributed by atoms with Crippen molar-refractivity contribution in [3.05, 3.63) is 21.9 Å². The molecule has 0 saturated heterocycles. The number of carbonyl (C=O) groups is 2. The molecule has 4 unspecified atom stereocenters. The Bertz CT molecular complexity index is 525. The van der Waals surface area contributed by atoms with Gasteiger partial charge in [0.2, 0.25) is 0 Å². The van der Waals surface area contributed by atoms with Crippen molar-refractivity contribution in [3.8, 4) is 0 Å². The van der Waals surface area contributed by atoms with E-state index in [4.69, 9.17) is 0 Å². The highest BCUT2D eigenvalue weighted by molar-refractivity contribution is 7.08. The summed E-state index contributed by atoms with van der Waals surface area (Å²) in [6, 6.07) is -0.192. The van der Waals surface area contributed by atoms with Crippen molar-refractivity contribution in [2.24, 2.45) is 17.8 Å². The van der Waals surface area contributed by atoms with Gasteiger partial charge in [0.25, 0.3) is 5.91 Å². The second-order valence-corrected chi connectivity index (χ2v) is 6.41. The third kappa shape index (κ3) is 2.06. The minimum absolute atomic E-state index is 0.123. The Morgan fingerprint density at radius 1 is 1.32 bits per heavy atom. The Morgan fingerprint density at radius 3 is 2.68 bits per heavy atom. The maximum atomic E-state index is 12.2. The maximum absolute atomic E-state index is 12.2. The van der Waals surface area contributed by atoms with E-state index in [9.17, 15) is 14.7 Å². The van der Waals surface area contributed by atoms with E-state index in [0.29, 0.717) is 11.5 Å². The molecule has 102 valence electrons. The van der Waals surface area contributed by atoms with Crippen molar-refractivity contribution in [2.75, 3.05) is 0 Å². The molecule has 1 heterocycles. The zero-order valence-corrected chi connectivity index (χ0v) is 11.6. The summed E-state index contributed by atoms with van der Waals surface area (Å²) >= 11 is 1.50. The zero-order chi connectivity index (χ0) is 13.6. The standard InChI is InChI=1S/C14H17NO3S/c1-7-5-19-6-10(7)13(16)15-12-9-3-2-8(4-9)11(12)14(17)18/h5-6,8-9,11-12H,2-4H2,1H3,(H,15,16)(H,17,18). The maximum Gasteiger partial charge on any atom is 0.308 e. The number of aliphatic carboxylic acids is 1. The summed E-state index contributed by atoms with van der Waals surface area (Å²) in [6.07, 6.45) is 2.98. The summed E-state index contributed by atoms with van der Waals surface area (Å²) in [5.74, 6) is -0.700. The average Bonchev–Trinajstić information content (AvgIpc) is 3.03. The van der Waals surface area contributed by atoms with Gasteiger partial charge in [-0.1, -0.05) is 0 Å². The van der Waals surface area contributed by atoms with E-state index in [0.717, 1.165) is 24.8 Å². The van der Waals surface area contributed by atoms with E-state index in [1.54, 1.807) is 0 Å². The van der Waals surface area contributed by atoms with Crippen molar-refractivity contribution in [1.29, 1.82) is 0 Å². The second kappa shape index (κ2) is 4.63. The molecule has 1 aromatic rings. The topological polar surface area (TPSA) is 66.4 Å². The smallest absolute Gasteiger partial charge is 0.308 e. The van der Waals surface area contributed by atoms with Crippen LogP contribution in [-0.4, -0.2) is 23.0 Å². The Kier molecular flexibility index (Phi) is 3.09. The molecule has 4 atom stereocenters. The molecule has 1 amide bonds. The fourth-order valence-corrected chi connectivity index (χ4v) is 4.50. The third-order valence-electron chi connectivity index (χ3n) is 4.60. The SMILES string of the molecule is Cc1cscc1C(=O)NC1C2CCC(C2)C1C(=O)O. The quantitative estimate of drug-likeness (QED) is 0.892. The fourth-order valence-electron chi connectivity index (χ4n) is 3.68. The number of thiophene rings is 1. The van der Waals surface area contributed by atoms with E-state index in [1.165, 1.54) is 11.3 Å². The molecule has 2 aliphatic carbocycles. The van der Waals surface area contributed by atoms with Gasteiger partial charge < -0.3 is 10.4 Å². The first-order valence-electron chi connectivity index (χ1n) is 6.64. The molecule has 2 bridgehead atoms. The molecule has 3 rings (SSSR count). The molecule has 0 radical (unpaired) electrons. The largest absolute Gasteiger partial charge is 0.481 e. The van der Waals surface area contributed by atoms with E-state index in [2.05, 4.69) is 5.32 Å². The fraction of sp³-hybridized carbons (Fsp3) is 0.571. The molecule has 2 N–H and O–H groups in total. The van der Waals surface area contributed by atoms with Crippen LogP contribution in [0.2, 0.25) is 0 Å². The Hall–Kier alpha value is -1.36. The van der Waals surface area contributed by atoms with Gasteiger partial charge in [-0.2, -0.15) is 11.3 Å². The number of rotatable bonds is 3. The molecule has 0 spiro atoms. The van der Waals surface area contributed by atoms with Gasteiger partial charge in [0.15, 0.2) is 0 Å². The molecule has 2 saturated carbocycles. The zero-order valence-electron chi connectivity index (χ0n) is 10.8. The summed E-state index contributed by atoms with van der Waals surface area (Å²) in [5, 5.41) is 16.1. The van der Waals surface area contributed by atoms with Crippen LogP contribution in [-0.2, 0) is 4.79 Å². The number of carboxylic acids is 1. The predicted octanol–water partition coefficient (Wildman–Crippen LogP) is 2.29. The first-order valence-corrected chi connectivity index (χ1v) is 7.58. The van der Waals surface area contributed by atoms with Crippen LogP contribution < -0.4 is 5.32 Å². The van der Waals surface area contributed by atoms with E-state index < -0.39 is 11.9 Å². The molecule has 0 aliphatic heterocycles. The number of amides is 1. The summed E-state index contributed by atoms with van der Waals surface area (Å²) < 4.78 is 0. The van der Waals surface area contributed by atoms with Gasteiger partial charge >= 0.3 is 5.97 Å². The molecular weight excluding hydrogens is 262 g/mol. The monoisotopic (exact) mass is 279 g/mol. The number of aryl methyl sites for hydroxylation is 1. The van der Waals surface area contributed by atoms with Gasteiger partial charge in [-0.25, -0.2) is 0 Å². The van der Waals surface area contributed by atoms with Crippen molar-refractivity contribution in [2.45, 2.75) is 32.2 Å². The normalized spacial score (nSPS) is 32.5.